The summed E-state index contributed by atoms with van der Waals surface area (Å²) in [4.78, 5) is 13.3. The molecule has 1 aliphatic heterocycles. The number of methoxy groups -OCH3 is 1. The fourth-order valence-electron chi connectivity index (χ4n) is 4.92. The molecule has 1 fully saturated rings. The minimum Gasteiger partial charge on any atom is -0.496 e. The van der Waals surface area contributed by atoms with Gasteiger partial charge < -0.3 is 14.6 Å². The highest BCUT2D eigenvalue weighted by molar-refractivity contribution is 5.73. The van der Waals surface area contributed by atoms with Crippen LogP contribution in [-0.4, -0.2) is 42.7 Å². The van der Waals surface area contributed by atoms with E-state index in [1.807, 2.05) is 6.07 Å². The Labute approximate surface area is 197 Å². The number of carboxylic acids is 1. The number of ether oxygens (including phenoxy) is 2. The van der Waals surface area contributed by atoms with Gasteiger partial charge >= 0.3 is 5.97 Å². The van der Waals surface area contributed by atoms with E-state index in [1.54, 1.807) is 7.11 Å². The molecule has 1 aliphatic carbocycles. The number of carbonyl (C=O) groups is 1. The Kier molecular flexibility index (Phi) is 7.08. The Bertz CT molecular complexity index is 1050. The van der Waals surface area contributed by atoms with Crippen LogP contribution in [0, 0.1) is 11.8 Å². The number of fused-ring (bicyclic) bond motifs is 1. The van der Waals surface area contributed by atoms with Gasteiger partial charge in [0.25, 0.3) is 0 Å². The maximum atomic E-state index is 11.1. The number of nitrogens with zero attached hydrogens (tertiary/aromatic N) is 1. The zero-order valence-electron chi connectivity index (χ0n) is 20.2. The Morgan fingerprint density at radius 2 is 1.94 bits per heavy atom. The lowest BCUT2D eigenvalue weighted by Crippen LogP contribution is -2.50. The Hall–Kier alpha value is -2.79. The number of hydrogen-bond acceptors (Lipinski definition) is 4. The van der Waals surface area contributed by atoms with Gasteiger partial charge in [0, 0.05) is 25.2 Å². The average Bonchev–Trinajstić information content (AvgIpc) is 2.75. The second-order valence-electron chi connectivity index (χ2n) is 9.81. The minimum absolute atomic E-state index is 0.203. The van der Waals surface area contributed by atoms with Crippen molar-refractivity contribution in [3.63, 3.8) is 0 Å². The molecular formula is C28H35NO4. The number of hydrogen-bond donors (Lipinski definition) is 1. The zero-order valence-corrected chi connectivity index (χ0v) is 20.2. The van der Waals surface area contributed by atoms with Gasteiger partial charge in [0.1, 0.15) is 18.1 Å². The first-order valence-corrected chi connectivity index (χ1v) is 11.9. The summed E-state index contributed by atoms with van der Waals surface area (Å²) in [5, 5.41) is 9.10. The van der Waals surface area contributed by atoms with Crippen molar-refractivity contribution in [2.75, 3.05) is 26.7 Å². The quantitative estimate of drug-likeness (QED) is 0.570. The van der Waals surface area contributed by atoms with E-state index >= 15 is 0 Å². The standard InChI is InChI=1S/C28H35NO4/c1-18(2)11-20-5-10-27(32-4)23(12-20)17-33-25-8-9-26-19(3)22(7-6-21(26)13-25)14-29-15-24(16-29)28(30)31/h5,8-10,12-13,18,24H,6-7,11,14-17H2,1-4H3,(H,30,31). The first-order valence-electron chi connectivity index (χ1n) is 11.9. The van der Waals surface area contributed by atoms with Gasteiger partial charge in [0.15, 0.2) is 0 Å². The first-order chi connectivity index (χ1) is 15.8. The van der Waals surface area contributed by atoms with Crippen LogP contribution in [-0.2, 0) is 24.2 Å². The molecule has 1 saturated heterocycles. The lowest BCUT2D eigenvalue weighted by Gasteiger charge is -2.38. The van der Waals surface area contributed by atoms with E-state index < -0.39 is 5.97 Å². The smallest absolute Gasteiger partial charge is 0.309 e. The number of rotatable bonds is 9. The van der Waals surface area contributed by atoms with Crippen LogP contribution < -0.4 is 9.47 Å². The largest absolute Gasteiger partial charge is 0.496 e. The van der Waals surface area contributed by atoms with Gasteiger partial charge in [0.05, 0.1) is 13.0 Å². The molecule has 1 N–H and O–H groups in total. The van der Waals surface area contributed by atoms with Crippen molar-refractivity contribution in [1.82, 2.24) is 4.90 Å². The molecule has 0 radical (unpaired) electrons. The van der Waals surface area contributed by atoms with E-state index in [1.165, 1.54) is 27.8 Å². The predicted molar refractivity (Wildman–Crippen MR) is 131 cm³/mol. The van der Waals surface area contributed by atoms with Crippen LogP contribution in [0.4, 0.5) is 0 Å². The van der Waals surface area contributed by atoms with Crippen molar-refractivity contribution in [2.24, 2.45) is 11.8 Å². The molecule has 5 nitrogen and oxygen atoms in total. The second kappa shape index (κ2) is 10.0. The van der Waals surface area contributed by atoms with Gasteiger partial charge in [-0.15, -0.1) is 0 Å². The molecule has 2 aromatic rings. The lowest BCUT2D eigenvalue weighted by atomic mass is 9.85. The fourth-order valence-corrected chi connectivity index (χ4v) is 4.92. The van der Waals surface area contributed by atoms with Crippen LogP contribution in [0.25, 0.3) is 5.57 Å². The molecule has 0 aromatic heterocycles. The monoisotopic (exact) mass is 449 g/mol. The van der Waals surface area contributed by atoms with Crippen LogP contribution in [0.3, 0.4) is 0 Å². The van der Waals surface area contributed by atoms with Crippen molar-refractivity contribution in [3.05, 3.63) is 64.2 Å². The SMILES string of the molecule is COc1ccc(CC(C)C)cc1COc1ccc2c(c1)CCC(CN1CC(C(=O)O)C1)=C2C. The summed E-state index contributed by atoms with van der Waals surface area (Å²) in [6.07, 6.45) is 3.04. The van der Waals surface area contributed by atoms with Gasteiger partial charge in [-0.05, 0) is 78.6 Å². The molecule has 176 valence electrons. The van der Waals surface area contributed by atoms with Crippen LogP contribution in [0.2, 0.25) is 0 Å². The molecule has 1 heterocycles. The van der Waals surface area contributed by atoms with E-state index in [2.05, 4.69) is 56.0 Å². The summed E-state index contributed by atoms with van der Waals surface area (Å²) in [6.45, 7) is 9.32. The van der Waals surface area contributed by atoms with Crippen molar-refractivity contribution < 1.29 is 19.4 Å². The highest BCUT2D eigenvalue weighted by Crippen LogP contribution is 2.35. The van der Waals surface area contributed by atoms with E-state index in [-0.39, 0.29) is 5.92 Å². The maximum absolute atomic E-state index is 11.1. The van der Waals surface area contributed by atoms with Crippen molar-refractivity contribution in [3.8, 4) is 11.5 Å². The summed E-state index contributed by atoms with van der Waals surface area (Å²) in [6, 6.07) is 12.8. The number of benzene rings is 2. The van der Waals surface area contributed by atoms with E-state index in [9.17, 15) is 4.79 Å². The van der Waals surface area contributed by atoms with Gasteiger partial charge in [-0.1, -0.05) is 31.6 Å². The average molecular weight is 450 g/mol. The lowest BCUT2D eigenvalue weighted by molar-refractivity contribution is -0.147. The highest BCUT2D eigenvalue weighted by Gasteiger charge is 2.33. The summed E-state index contributed by atoms with van der Waals surface area (Å²) in [5.41, 5.74) is 7.73. The Balaban J connectivity index is 1.42. The van der Waals surface area contributed by atoms with Gasteiger partial charge in [-0.25, -0.2) is 0 Å². The normalized spacial score (nSPS) is 16.5. The van der Waals surface area contributed by atoms with E-state index in [0.29, 0.717) is 25.6 Å². The Morgan fingerprint density at radius 3 is 2.64 bits per heavy atom. The molecule has 5 heteroatoms. The number of aryl methyl sites for hydroxylation is 1. The first kappa shape index (κ1) is 23.4. The number of aliphatic carboxylic acids is 1. The van der Waals surface area contributed by atoms with Crippen LogP contribution in [0.1, 0.15) is 49.4 Å². The third kappa shape index (κ3) is 5.41. The molecule has 33 heavy (non-hydrogen) atoms. The maximum Gasteiger partial charge on any atom is 0.309 e. The minimum atomic E-state index is -0.678. The molecule has 0 saturated carbocycles. The topological polar surface area (TPSA) is 59.0 Å². The molecular weight excluding hydrogens is 414 g/mol. The van der Waals surface area contributed by atoms with E-state index in [0.717, 1.165) is 42.9 Å². The van der Waals surface area contributed by atoms with Crippen LogP contribution >= 0.6 is 0 Å². The van der Waals surface area contributed by atoms with Crippen LogP contribution in [0.15, 0.2) is 42.0 Å². The van der Waals surface area contributed by atoms with Crippen LogP contribution in [0.5, 0.6) is 11.5 Å². The zero-order chi connectivity index (χ0) is 23.5. The summed E-state index contributed by atoms with van der Waals surface area (Å²) >= 11 is 0. The van der Waals surface area contributed by atoms with Crippen molar-refractivity contribution in [1.29, 1.82) is 0 Å². The van der Waals surface area contributed by atoms with Crippen molar-refractivity contribution >= 4 is 11.5 Å². The molecule has 0 amide bonds. The number of carboxylic acid groups (broad SMARTS) is 1. The molecule has 4 rings (SSSR count). The van der Waals surface area contributed by atoms with Gasteiger partial charge in [0.2, 0.25) is 0 Å². The van der Waals surface area contributed by atoms with Gasteiger partial charge in [-0.2, -0.15) is 0 Å². The molecule has 0 spiro atoms. The van der Waals surface area contributed by atoms with Crippen molar-refractivity contribution in [2.45, 2.75) is 46.6 Å². The summed E-state index contributed by atoms with van der Waals surface area (Å²) in [5.74, 6) is 1.47. The Morgan fingerprint density at radius 1 is 1.15 bits per heavy atom. The van der Waals surface area contributed by atoms with E-state index in [4.69, 9.17) is 14.6 Å². The summed E-state index contributed by atoms with van der Waals surface area (Å²) < 4.78 is 11.7. The molecule has 0 bridgehead atoms. The molecule has 2 aromatic carbocycles. The number of likely N-dealkylation sites (tertiary alicyclic amines) is 1. The predicted octanol–water partition coefficient (Wildman–Crippen LogP) is 5.21. The highest BCUT2D eigenvalue weighted by atomic mass is 16.5. The van der Waals surface area contributed by atoms with Gasteiger partial charge in [-0.3, -0.25) is 9.69 Å². The third-order valence-electron chi connectivity index (χ3n) is 6.81. The number of allylic oxidation sites excluding steroid dienone is 1. The third-order valence-corrected chi connectivity index (χ3v) is 6.81. The second-order valence-corrected chi connectivity index (χ2v) is 9.81. The molecule has 2 aliphatic rings. The molecule has 0 unspecified atom stereocenters. The summed E-state index contributed by atoms with van der Waals surface area (Å²) in [7, 11) is 1.70. The molecule has 0 atom stereocenters. The fraction of sp³-hybridized carbons (Fsp3) is 0.464.